The number of aromatic nitrogens is 1. The Morgan fingerprint density at radius 1 is 1.43 bits per heavy atom. The fourth-order valence-corrected chi connectivity index (χ4v) is 4.33. The molecule has 1 atom stereocenters. The highest BCUT2D eigenvalue weighted by Gasteiger charge is 2.23. The highest BCUT2D eigenvalue weighted by molar-refractivity contribution is 7.89. The molecule has 2 aromatic rings. The van der Waals surface area contributed by atoms with E-state index in [1.54, 1.807) is 13.0 Å². The molecule has 114 valence electrons. The van der Waals surface area contributed by atoms with Gasteiger partial charge in [-0.15, -0.1) is 11.3 Å². The molecular weight excluding hydrogens is 332 g/mol. The van der Waals surface area contributed by atoms with Gasteiger partial charge in [-0.05, 0) is 26.0 Å². The van der Waals surface area contributed by atoms with Gasteiger partial charge in [0.05, 0.1) is 18.2 Å². The van der Waals surface area contributed by atoms with Gasteiger partial charge in [0.1, 0.15) is 15.7 Å². The summed E-state index contributed by atoms with van der Waals surface area (Å²) in [6.07, 6.45) is 0. The fourth-order valence-electron chi connectivity index (χ4n) is 1.73. The molecule has 0 radical (unpaired) electrons. The highest BCUT2D eigenvalue weighted by Crippen LogP contribution is 2.28. The van der Waals surface area contributed by atoms with E-state index in [0.29, 0.717) is 10.8 Å². The first-order valence-electron chi connectivity index (χ1n) is 6.11. The van der Waals surface area contributed by atoms with Crippen LogP contribution < -0.4 is 9.46 Å². The van der Waals surface area contributed by atoms with Gasteiger partial charge in [0.25, 0.3) is 0 Å². The van der Waals surface area contributed by atoms with Gasteiger partial charge in [-0.1, -0.05) is 11.6 Å². The third-order valence-corrected chi connectivity index (χ3v) is 5.93. The molecule has 0 bridgehead atoms. The monoisotopic (exact) mass is 346 g/mol. The van der Waals surface area contributed by atoms with Crippen molar-refractivity contribution in [2.45, 2.75) is 24.8 Å². The second-order valence-corrected chi connectivity index (χ2v) is 7.45. The van der Waals surface area contributed by atoms with Gasteiger partial charge in [0.2, 0.25) is 10.0 Å². The Morgan fingerprint density at radius 3 is 2.71 bits per heavy atom. The van der Waals surface area contributed by atoms with Crippen molar-refractivity contribution in [2.75, 3.05) is 7.11 Å². The number of thiazole rings is 1. The zero-order valence-corrected chi connectivity index (χ0v) is 14.1. The molecule has 0 aliphatic heterocycles. The van der Waals surface area contributed by atoms with Crippen LogP contribution in [-0.2, 0) is 10.0 Å². The van der Waals surface area contributed by atoms with Crippen LogP contribution in [0.15, 0.2) is 28.5 Å². The Morgan fingerprint density at radius 2 is 2.14 bits per heavy atom. The van der Waals surface area contributed by atoms with E-state index in [-0.39, 0.29) is 9.92 Å². The van der Waals surface area contributed by atoms with E-state index in [1.807, 2.05) is 12.3 Å². The average Bonchev–Trinajstić information content (AvgIpc) is 2.85. The number of halogens is 1. The standard InChI is InChI=1S/C13H15ClN2O3S2/c1-8-7-20-13(15-8)9(2)16-21(17,18)12-6-10(19-3)4-5-11(12)14/h4-7,9,16H,1-3H3/t9-/m1/s1. The van der Waals surface area contributed by atoms with E-state index >= 15 is 0 Å². The van der Waals surface area contributed by atoms with Crippen molar-refractivity contribution in [3.8, 4) is 5.75 Å². The maximum Gasteiger partial charge on any atom is 0.242 e. The largest absolute Gasteiger partial charge is 0.497 e. The summed E-state index contributed by atoms with van der Waals surface area (Å²) in [4.78, 5) is 4.27. The van der Waals surface area contributed by atoms with Gasteiger partial charge in [0.15, 0.2) is 0 Å². The van der Waals surface area contributed by atoms with E-state index in [1.165, 1.54) is 30.6 Å². The third kappa shape index (κ3) is 3.74. The molecule has 1 heterocycles. The number of hydrogen-bond donors (Lipinski definition) is 1. The van der Waals surface area contributed by atoms with Crippen molar-refractivity contribution in [2.24, 2.45) is 0 Å². The molecular formula is C13H15ClN2O3S2. The number of benzene rings is 1. The summed E-state index contributed by atoms with van der Waals surface area (Å²) < 4.78 is 32.5. The molecule has 2 rings (SSSR count). The Bertz CT molecular complexity index is 744. The summed E-state index contributed by atoms with van der Waals surface area (Å²) in [6, 6.07) is 4.06. The van der Waals surface area contributed by atoms with Crippen molar-refractivity contribution in [1.29, 1.82) is 0 Å². The predicted molar refractivity (Wildman–Crippen MR) is 83.6 cm³/mol. The number of methoxy groups -OCH3 is 1. The summed E-state index contributed by atoms with van der Waals surface area (Å²) in [5.74, 6) is 0.428. The first-order chi connectivity index (χ1) is 9.83. The molecule has 0 spiro atoms. The van der Waals surface area contributed by atoms with E-state index in [2.05, 4.69) is 9.71 Å². The Balaban J connectivity index is 2.30. The molecule has 8 heteroatoms. The van der Waals surface area contributed by atoms with E-state index in [4.69, 9.17) is 16.3 Å². The summed E-state index contributed by atoms with van der Waals surface area (Å²) in [5, 5.41) is 2.72. The summed E-state index contributed by atoms with van der Waals surface area (Å²) in [7, 11) is -2.29. The minimum atomic E-state index is -3.76. The number of nitrogens with one attached hydrogen (secondary N) is 1. The lowest BCUT2D eigenvalue weighted by Gasteiger charge is -2.13. The Labute approximate surface area is 133 Å². The van der Waals surface area contributed by atoms with E-state index < -0.39 is 16.1 Å². The van der Waals surface area contributed by atoms with Crippen LogP contribution in [-0.4, -0.2) is 20.5 Å². The van der Waals surface area contributed by atoms with Crippen molar-refractivity contribution < 1.29 is 13.2 Å². The molecule has 0 fully saturated rings. The highest BCUT2D eigenvalue weighted by atomic mass is 35.5. The Kier molecular flexibility index (Phi) is 4.88. The van der Waals surface area contributed by atoms with Crippen LogP contribution in [0, 0.1) is 6.92 Å². The van der Waals surface area contributed by atoms with Crippen LogP contribution in [0.4, 0.5) is 0 Å². The maximum absolute atomic E-state index is 12.4. The summed E-state index contributed by atoms with van der Waals surface area (Å²) >= 11 is 7.39. The molecule has 0 aliphatic rings. The summed E-state index contributed by atoms with van der Waals surface area (Å²) in [5.41, 5.74) is 0.862. The maximum atomic E-state index is 12.4. The third-order valence-electron chi connectivity index (χ3n) is 2.77. The molecule has 5 nitrogen and oxygen atoms in total. The predicted octanol–water partition coefficient (Wildman–Crippen LogP) is 3.15. The number of hydrogen-bond acceptors (Lipinski definition) is 5. The molecule has 1 N–H and O–H groups in total. The van der Waals surface area contributed by atoms with Crippen LogP contribution in [0.3, 0.4) is 0 Å². The zero-order valence-electron chi connectivity index (χ0n) is 11.8. The quantitative estimate of drug-likeness (QED) is 0.903. The normalized spacial score (nSPS) is 13.1. The van der Waals surface area contributed by atoms with E-state index in [0.717, 1.165) is 5.69 Å². The topological polar surface area (TPSA) is 68.3 Å². The lowest BCUT2D eigenvalue weighted by Crippen LogP contribution is -2.27. The van der Waals surface area contributed by atoms with Gasteiger partial charge in [-0.2, -0.15) is 0 Å². The average molecular weight is 347 g/mol. The minimum absolute atomic E-state index is 0.0105. The van der Waals surface area contributed by atoms with Crippen LogP contribution in [0.2, 0.25) is 5.02 Å². The molecule has 0 saturated heterocycles. The number of nitrogens with zero attached hydrogens (tertiary/aromatic N) is 1. The molecule has 0 saturated carbocycles. The van der Waals surface area contributed by atoms with Gasteiger partial charge in [-0.3, -0.25) is 0 Å². The molecule has 1 aromatic heterocycles. The molecule has 21 heavy (non-hydrogen) atoms. The van der Waals surface area contributed by atoms with Crippen molar-refractivity contribution >= 4 is 33.0 Å². The fraction of sp³-hybridized carbons (Fsp3) is 0.308. The number of ether oxygens (including phenoxy) is 1. The van der Waals surface area contributed by atoms with Gasteiger partial charge >= 0.3 is 0 Å². The molecule has 0 aliphatic carbocycles. The lowest BCUT2D eigenvalue weighted by molar-refractivity contribution is 0.413. The minimum Gasteiger partial charge on any atom is -0.497 e. The van der Waals surface area contributed by atoms with Crippen molar-refractivity contribution in [1.82, 2.24) is 9.71 Å². The first-order valence-corrected chi connectivity index (χ1v) is 8.85. The van der Waals surface area contributed by atoms with Gasteiger partial charge in [-0.25, -0.2) is 18.1 Å². The molecule has 0 amide bonds. The molecule has 0 unspecified atom stereocenters. The van der Waals surface area contributed by atoms with Gasteiger partial charge in [0, 0.05) is 17.1 Å². The van der Waals surface area contributed by atoms with Crippen LogP contribution >= 0.6 is 22.9 Å². The van der Waals surface area contributed by atoms with Crippen LogP contribution in [0.1, 0.15) is 23.7 Å². The van der Waals surface area contributed by atoms with E-state index in [9.17, 15) is 8.42 Å². The van der Waals surface area contributed by atoms with Crippen molar-refractivity contribution in [3.05, 3.63) is 39.3 Å². The first kappa shape index (κ1) is 16.2. The zero-order chi connectivity index (χ0) is 15.6. The molecule has 1 aromatic carbocycles. The number of sulfonamides is 1. The number of rotatable bonds is 5. The van der Waals surface area contributed by atoms with Crippen molar-refractivity contribution in [3.63, 3.8) is 0 Å². The number of aryl methyl sites for hydroxylation is 1. The lowest BCUT2D eigenvalue weighted by atomic mass is 10.3. The summed E-state index contributed by atoms with van der Waals surface area (Å²) in [6.45, 7) is 3.60. The Hall–Kier alpha value is -1.15. The van der Waals surface area contributed by atoms with Crippen LogP contribution in [0.5, 0.6) is 5.75 Å². The second-order valence-electron chi connectivity index (χ2n) is 4.47. The second kappa shape index (κ2) is 6.31. The van der Waals surface area contributed by atoms with Gasteiger partial charge < -0.3 is 4.74 Å². The SMILES string of the molecule is COc1ccc(Cl)c(S(=O)(=O)N[C@H](C)c2nc(C)cs2)c1. The van der Waals surface area contributed by atoms with Crippen LogP contribution in [0.25, 0.3) is 0 Å². The smallest absolute Gasteiger partial charge is 0.242 e.